The Morgan fingerprint density at radius 2 is 1.95 bits per heavy atom. The third kappa shape index (κ3) is 3.18. The summed E-state index contributed by atoms with van der Waals surface area (Å²) in [5, 5.41) is 0. The second-order valence-corrected chi connectivity index (χ2v) is 5.45. The Kier molecular flexibility index (Phi) is 5.12. The Bertz CT molecular complexity index is 446. The van der Waals surface area contributed by atoms with Crippen molar-refractivity contribution < 1.29 is 9.18 Å². The topological polar surface area (TPSA) is 46.3 Å². The smallest absolute Gasteiger partial charge is 0.254 e. The van der Waals surface area contributed by atoms with Crippen LogP contribution in [0.4, 0.5) is 4.39 Å². The number of hydrogen-bond donors (Lipinski definition) is 1. The Morgan fingerprint density at radius 1 is 1.30 bits per heavy atom. The molecule has 0 heterocycles. The van der Waals surface area contributed by atoms with Crippen molar-refractivity contribution in [3.63, 3.8) is 0 Å². The number of benzene rings is 1. The monoisotopic (exact) mass is 278 g/mol. The van der Waals surface area contributed by atoms with E-state index in [1.54, 1.807) is 12.1 Å². The molecule has 20 heavy (non-hydrogen) atoms. The summed E-state index contributed by atoms with van der Waals surface area (Å²) in [6.45, 7) is 3.28. The third-order valence-corrected chi connectivity index (χ3v) is 4.26. The van der Waals surface area contributed by atoms with Gasteiger partial charge in [0.25, 0.3) is 5.91 Å². The molecule has 4 heteroatoms. The first kappa shape index (κ1) is 15.0. The normalized spacial score (nSPS) is 22.6. The molecule has 1 amide bonds. The van der Waals surface area contributed by atoms with Gasteiger partial charge in [-0.05, 0) is 56.5 Å². The highest BCUT2D eigenvalue weighted by Crippen LogP contribution is 2.28. The van der Waals surface area contributed by atoms with E-state index < -0.39 is 0 Å². The molecule has 2 rings (SSSR count). The lowest BCUT2D eigenvalue weighted by atomic mass is 9.83. The van der Waals surface area contributed by atoms with Crippen LogP contribution < -0.4 is 5.73 Å². The van der Waals surface area contributed by atoms with Gasteiger partial charge in [-0.25, -0.2) is 4.39 Å². The SMILES string of the molecule is CCN(C(=O)c1ccc(F)cc1)C1CCCCC1CN. The van der Waals surface area contributed by atoms with Gasteiger partial charge in [-0.2, -0.15) is 0 Å². The van der Waals surface area contributed by atoms with Crippen LogP contribution in [0.5, 0.6) is 0 Å². The molecular weight excluding hydrogens is 255 g/mol. The van der Waals surface area contributed by atoms with E-state index in [2.05, 4.69) is 0 Å². The largest absolute Gasteiger partial charge is 0.336 e. The molecular formula is C16H23FN2O. The molecule has 0 aliphatic heterocycles. The molecule has 2 atom stereocenters. The summed E-state index contributed by atoms with van der Waals surface area (Å²) in [6.07, 6.45) is 4.45. The van der Waals surface area contributed by atoms with E-state index in [0.717, 1.165) is 19.3 Å². The van der Waals surface area contributed by atoms with Gasteiger partial charge in [0.05, 0.1) is 0 Å². The molecule has 1 aromatic carbocycles. The van der Waals surface area contributed by atoms with Crippen LogP contribution in [0.2, 0.25) is 0 Å². The van der Waals surface area contributed by atoms with Gasteiger partial charge < -0.3 is 10.6 Å². The highest BCUT2D eigenvalue weighted by molar-refractivity contribution is 5.94. The molecule has 0 saturated heterocycles. The maximum Gasteiger partial charge on any atom is 0.254 e. The van der Waals surface area contributed by atoms with E-state index in [-0.39, 0.29) is 17.8 Å². The van der Waals surface area contributed by atoms with E-state index >= 15 is 0 Å². The van der Waals surface area contributed by atoms with Crippen molar-refractivity contribution in [1.82, 2.24) is 4.90 Å². The Morgan fingerprint density at radius 3 is 2.55 bits per heavy atom. The van der Waals surface area contributed by atoms with Gasteiger partial charge in [0.2, 0.25) is 0 Å². The van der Waals surface area contributed by atoms with Crippen molar-refractivity contribution in [3.8, 4) is 0 Å². The van der Waals surface area contributed by atoms with Crippen LogP contribution in [0, 0.1) is 11.7 Å². The lowest BCUT2D eigenvalue weighted by molar-refractivity contribution is 0.0560. The molecule has 110 valence electrons. The number of hydrogen-bond acceptors (Lipinski definition) is 2. The van der Waals surface area contributed by atoms with Crippen LogP contribution in [0.25, 0.3) is 0 Å². The van der Waals surface area contributed by atoms with Gasteiger partial charge in [-0.1, -0.05) is 12.8 Å². The predicted octanol–water partition coefficient (Wildman–Crippen LogP) is 2.81. The van der Waals surface area contributed by atoms with Gasteiger partial charge >= 0.3 is 0 Å². The fourth-order valence-electron chi connectivity index (χ4n) is 3.16. The Labute approximate surface area is 120 Å². The first-order valence-electron chi connectivity index (χ1n) is 7.44. The van der Waals surface area contributed by atoms with Gasteiger partial charge in [-0.15, -0.1) is 0 Å². The highest BCUT2D eigenvalue weighted by Gasteiger charge is 2.31. The number of rotatable bonds is 4. The fraction of sp³-hybridized carbons (Fsp3) is 0.562. The minimum Gasteiger partial charge on any atom is -0.336 e. The molecule has 1 aromatic rings. The molecule has 3 nitrogen and oxygen atoms in total. The summed E-state index contributed by atoms with van der Waals surface area (Å²) in [5.74, 6) is 0.0491. The zero-order valence-corrected chi connectivity index (χ0v) is 12.0. The standard InChI is InChI=1S/C16H23FN2O/c1-2-19(15-6-4-3-5-13(15)11-18)16(20)12-7-9-14(17)10-8-12/h7-10,13,15H,2-6,11,18H2,1H3. The number of amides is 1. The summed E-state index contributed by atoms with van der Waals surface area (Å²) in [4.78, 5) is 14.5. The average molecular weight is 278 g/mol. The molecule has 0 radical (unpaired) electrons. The minimum atomic E-state index is -0.318. The van der Waals surface area contributed by atoms with Crippen molar-refractivity contribution in [2.45, 2.75) is 38.6 Å². The van der Waals surface area contributed by atoms with Crippen LogP contribution in [-0.2, 0) is 0 Å². The summed E-state index contributed by atoms with van der Waals surface area (Å²) in [5.41, 5.74) is 6.41. The fourth-order valence-corrected chi connectivity index (χ4v) is 3.16. The molecule has 0 bridgehead atoms. The molecule has 1 fully saturated rings. The second-order valence-electron chi connectivity index (χ2n) is 5.45. The predicted molar refractivity (Wildman–Crippen MR) is 77.9 cm³/mol. The van der Waals surface area contributed by atoms with E-state index in [4.69, 9.17) is 5.73 Å². The molecule has 1 aliphatic carbocycles. The van der Waals surface area contributed by atoms with Gasteiger partial charge in [0.1, 0.15) is 5.82 Å². The average Bonchev–Trinajstić information content (AvgIpc) is 2.49. The minimum absolute atomic E-state index is 0.0159. The number of nitrogens with two attached hydrogens (primary N) is 1. The number of carbonyl (C=O) groups excluding carboxylic acids is 1. The van der Waals surface area contributed by atoms with E-state index in [0.29, 0.717) is 24.6 Å². The number of carbonyl (C=O) groups is 1. The van der Waals surface area contributed by atoms with Crippen molar-refractivity contribution in [2.24, 2.45) is 11.7 Å². The summed E-state index contributed by atoms with van der Waals surface area (Å²) in [6, 6.07) is 6.00. The zero-order chi connectivity index (χ0) is 14.5. The molecule has 2 N–H and O–H groups in total. The second kappa shape index (κ2) is 6.84. The summed E-state index contributed by atoms with van der Waals surface area (Å²) < 4.78 is 13.0. The van der Waals surface area contributed by atoms with Gasteiger partial charge in [0, 0.05) is 18.2 Å². The van der Waals surface area contributed by atoms with Crippen LogP contribution in [-0.4, -0.2) is 29.9 Å². The number of nitrogens with zero attached hydrogens (tertiary/aromatic N) is 1. The van der Waals surface area contributed by atoms with Crippen molar-refractivity contribution in [3.05, 3.63) is 35.6 Å². The summed E-state index contributed by atoms with van der Waals surface area (Å²) >= 11 is 0. The Balaban J connectivity index is 2.17. The van der Waals surface area contributed by atoms with Crippen molar-refractivity contribution in [1.29, 1.82) is 0 Å². The maximum absolute atomic E-state index is 13.0. The van der Waals surface area contributed by atoms with Gasteiger partial charge in [-0.3, -0.25) is 4.79 Å². The molecule has 0 aromatic heterocycles. The molecule has 0 spiro atoms. The zero-order valence-electron chi connectivity index (χ0n) is 12.0. The molecule has 1 saturated carbocycles. The molecule has 1 aliphatic rings. The van der Waals surface area contributed by atoms with Crippen LogP contribution >= 0.6 is 0 Å². The highest BCUT2D eigenvalue weighted by atomic mass is 19.1. The molecule has 2 unspecified atom stereocenters. The van der Waals surface area contributed by atoms with E-state index in [1.165, 1.54) is 18.6 Å². The quantitative estimate of drug-likeness (QED) is 0.920. The van der Waals surface area contributed by atoms with Crippen LogP contribution in [0.3, 0.4) is 0 Å². The van der Waals surface area contributed by atoms with Crippen LogP contribution in [0.15, 0.2) is 24.3 Å². The van der Waals surface area contributed by atoms with E-state index in [9.17, 15) is 9.18 Å². The van der Waals surface area contributed by atoms with Crippen molar-refractivity contribution in [2.75, 3.05) is 13.1 Å². The van der Waals surface area contributed by atoms with Crippen LogP contribution in [0.1, 0.15) is 43.0 Å². The van der Waals surface area contributed by atoms with Gasteiger partial charge in [0.15, 0.2) is 0 Å². The van der Waals surface area contributed by atoms with E-state index in [1.807, 2.05) is 11.8 Å². The summed E-state index contributed by atoms with van der Waals surface area (Å²) in [7, 11) is 0. The Hall–Kier alpha value is -1.42. The first-order valence-corrected chi connectivity index (χ1v) is 7.44. The first-order chi connectivity index (χ1) is 9.67. The number of halogens is 1. The van der Waals surface area contributed by atoms with Crippen molar-refractivity contribution >= 4 is 5.91 Å². The lowest BCUT2D eigenvalue weighted by Gasteiger charge is -2.39. The lowest BCUT2D eigenvalue weighted by Crippen LogP contribution is -2.48. The maximum atomic E-state index is 13.0. The third-order valence-electron chi connectivity index (χ3n) is 4.26.